The molecule has 0 saturated carbocycles. The summed E-state index contributed by atoms with van der Waals surface area (Å²) in [7, 11) is 0. The molecule has 2 atom stereocenters. The Labute approximate surface area is 117 Å². The van der Waals surface area contributed by atoms with E-state index >= 15 is 0 Å². The van der Waals surface area contributed by atoms with Crippen molar-refractivity contribution in [2.45, 2.75) is 18.8 Å². The van der Waals surface area contributed by atoms with Crippen LogP contribution in [0, 0.1) is 0 Å². The number of aromatic nitrogens is 3. The van der Waals surface area contributed by atoms with Gasteiger partial charge in [0.15, 0.2) is 0 Å². The largest absolute Gasteiger partial charge is 0.368 e. The SMILES string of the molecule is Cl.c1ccc(-c2nnn3c2COC2CNCC23)cc1. The van der Waals surface area contributed by atoms with Crippen molar-refractivity contribution in [1.82, 2.24) is 20.3 Å². The molecule has 1 aromatic heterocycles. The van der Waals surface area contributed by atoms with Gasteiger partial charge in [-0.15, -0.1) is 17.5 Å². The Morgan fingerprint density at radius 2 is 2.05 bits per heavy atom. The summed E-state index contributed by atoms with van der Waals surface area (Å²) in [5.74, 6) is 0. The Balaban J connectivity index is 0.00000110. The molecule has 2 aromatic rings. The maximum absolute atomic E-state index is 5.89. The first-order valence-corrected chi connectivity index (χ1v) is 6.25. The predicted octanol–water partition coefficient (Wildman–Crippen LogP) is 1.41. The van der Waals surface area contributed by atoms with Gasteiger partial charge in [0, 0.05) is 18.7 Å². The zero-order valence-electron chi connectivity index (χ0n) is 10.3. The molecule has 2 aliphatic heterocycles. The van der Waals surface area contributed by atoms with E-state index in [1.807, 2.05) is 22.9 Å². The van der Waals surface area contributed by atoms with Gasteiger partial charge in [0.25, 0.3) is 0 Å². The summed E-state index contributed by atoms with van der Waals surface area (Å²) < 4.78 is 7.92. The van der Waals surface area contributed by atoms with Gasteiger partial charge in [-0.1, -0.05) is 35.5 Å². The summed E-state index contributed by atoms with van der Waals surface area (Å²) in [6.07, 6.45) is 0.239. The fourth-order valence-electron chi connectivity index (χ4n) is 2.78. The Hall–Kier alpha value is -1.43. The number of rotatable bonds is 1. The quantitative estimate of drug-likeness (QED) is 0.857. The van der Waals surface area contributed by atoms with Crippen LogP contribution in [0.2, 0.25) is 0 Å². The molecule has 2 unspecified atom stereocenters. The average molecular weight is 279 g/mol. The third-order valence-corrected chi connectivity index (χ3v) is 3.71. The second-order valence-corrected chi connectivity index (χ2v) is 4.77. The molecule has 0 amide bonds. The zero-order valence-corrected chi connectivity index (χ0v) is 11.1. The van der Waals surface area contributed by atoms with E-state index in [4.69, 9.17) is 4.74 Å². The molecule has 1 saturated heterocycles. The van der Waals surface area contributed by atoms with Gasteiger partial charge < -0.3 is 10.1 Å². The Bertz CT molecular complexity index is 571. The van der Waals surface area contributed by atoms with Crippen LogP contribution in [0.15, 0.2) is 30.3 Å². The van der Waals surface area contributed by atoms with E-state index < -0.39 is 0 Å². The molecule has 3 heterocycles. The number of halogens is 1. The van der Waals surface area contributed by atoms with Crippen molar-refractivity contribution in [2.24, 2.45) is 0 Å². The van der Waals surface area contributed by atoms with Crippen LogP contribution in [0.3, 0.4) is 0 Å². The summed E-state index contributed by atoms with van der Waals surface area (Å²) >= 11 is 0. The van der Waals surface area contributed by atoms with Gasteiger partial charge in [0.05, 0.1) is 24.4 Å². The molecule has 0 radical (unpaired) electrons. The molecule has 0 aliphatic carbocycles. The van der Waals surface area contributed by atoms with Crippen LogP contribution in [0.1, 0.15) is 11.7 Å². The molecule has 100 valence electrons. The van der Waals surface area contributed by atoms with Crippen molar-refractivity contribution in [3.8, 4) is 11.3 Å². The summed E-state index contributed by atoms with van der Waals surface area (Å²) in [5, 5.41) is 12.0. The van der Waals surface area contributed by atoms with Crippen LogP contribution in [-0.2, 0) is 11.3 Å². The van der Waals surface area contributed by atoms with Crippen LogP contribution in [0.25, 0.3) is 11.3 Å². The van der Waals surface area contributed by atoms with E-state index in [1.54, 1.807) is 0 Å². The van der Waals surface area contributed by atoms with Gasteiger partial charge in [0.2, 0.25) is 0 Å². The second-order valence-electron chi connectivity index (χ2n) is 4.77. The van der Waals surface area contributed by atoms with Crippen molar-refractivity contribution >= 4 is 12.4 Å². The molecular formula is C13H15ClN4O. The van der Waals surface area contributed by atoms with E-state index in [0.29, 0.717) is 12.6 Å². The van der Waals surface area contributed by atoms with Crippen molar-refractivity contribution in [3.63, 3.8) is 0 Å². The minimum absolute atomic E-state index is 0. The first kappa shape index (κ1) is 12.6. The van der Waals surface area contributed by atoms with Gasteiger partial charge in [0.1, 0.15) is 5.69 Å². The van der Waals surface area contributed by atoms with Gasteiger partial charge in [-0.2, -0.15) is 0 Å². The standard InChI is InChI=1S/C13H14N4O.ClH/c1-2-4-9(5-3-1)13-11-8-18-12-7-14-6-10(12)17(11)16-15-13;/h1-5,10,12,14H,6-8H2;1H. The normalized spacial score (nSPS) is 24.4. The third kappa shape index (κ3) is 1.94. The fourth-order valence-corrected chi connectivity index (χ4v) is 2.78. The highest BCUT2D eigenvalue weighted by molar-refractivity contribution is 5.85. The van der Waals surface area contributed by atoms with Gasteiger partial charge in [-0.25, -0.2) is 4.68 Å². The van der Waals surface area contributed by atoms with Crippen LogP contribution in [0.4, 0.5) is 0 Å². The minimum Gasteiger partial charge on any atom is -0.368 e. The lowest BCUT2D eigenvalue weighted by atomic mass is 10.1. The predicted molar refractivity (Wildman–Crippen MR) is 73.2 cm³/mol. The monoisotopic (exact) mass is 278 g/mol. The van der Waals surface area contributed by atoms with E-state index in [1.165, 1.54) is 0 Å². The van der Waals surface area contributed by atoms with E-state index in [0.717, 1.165) is 30.0 Å². The number of benzene rings is 1. The Morgan fingerprint density at radius 3 is 2.89 bits per heavy atom. The number of nitrogens with one attached hydrogen (secondary N) is 1. The molecule has 5 nitrogen and oxygen atoms in total. The summed E-state index contributed by atoms with van der Waals surface area (Å²) in [6, 6.07) is 10.5. The molecule has 0 bridgehead atoms. The second kappa shape index (κ2) is 4.92. The molecule has 1 aromatic carbocycles. The van der Waals surface area contributed by atoms with Crippen molar-refractivity contribution in [3.05, 3.63) is 36.0 Å². The van der Waals surface area contributed by atoms with Crippen LogP contribution in [0.5, 0.6) is 0 Å². The lowest BCUT2D eigenvalue weighted by molar-refractivity contribution is -0.00261. The highest BCUT2D eigenvalue weighted by Gasteiger charge is 2.36. The molecule has 1 fully saturated rings. The van der Waals surface area contributed by atoms with Gasteiger partial charge in [-0.05, 0) is 0 Å². The molecule has 0 spiro atoms. The Morgan fingerprint density at radius 1 is 1.21 bits per heavy atom. The smallest absolute Gasteiger partial charge is 0.118 e. The van der Waals surface area contributed by atoms with Gasteiger partial charge >= 0.3 is 0 Å². The van der Waals surface area contributed by atoms with E-state index in [9.17, 15) is 0 Å². The first-order chi connectivity index (χ1) is 8.93. The number of ether oxygens (including phenoxy) is 1. The number of nitrogens with zero attached hydrogens (tertiary/aromatic N) is 3. The molecule has 19 heavy (non-hydrogen) atoms. The van der Waals surface area contributed by atoms with Crippen LogP contribution < -0.4 is 5.32 Å². The number of hydrogen-bond donors (Lipinski definition) is 1. The van der Waals surface area contributed by atoms with E-state index in [-0.39, 0.29) is 18.5 Å². The molecule has 2 aliphatic rings. The van der Waals surface area contributed by atoms with Gasteiger partial charge in [-0.3, -0.25) is 0 Å². The van der Waals surface area contributed by atoms with E-state index in [2.05, 4.69) is 27.8 Å². The van der Waals surface area contributed by atoms with Crippen molar-refractivity contribution < 1.29 is 4.74 Å². The fraction of sp³-hybridized carbons (Fsp3) is 0.385. The molecular weight excluding hydrogens is 264 g/mol. The molecule has 1 N–H and O–H groups in total. The zero-order chi connectivity index (χ0) is 11.9. The van der Waals surface area contributed by atoms with Crippen LogP contribution in [-0.4, -0.2) is 34.2 Å². The highest BCUT2D eigenvalue weighted by Crippen LogP contribution is 2.31. The maximum Gasteiger partial charge on any atom is 0.118 e. The maximum atomic E-state index is 5.89. The summed E-state index contributed by atoms with van der Waals surface area (Å²) in [4.78, 5) is 0. The van der Waals surface area contributed by atoms with Crippen molar-refractivity contribution in [1.29, 1.82) is 0 Å². The highest BCUT2D eigenvalue weighted by atomic mass is 35.5. The average Bonchev–Trinajstić information content (AvgIpc) is 3.05. The summed E-state index contributed by atoms with van der Waals surface area (Å²) in [6.45, 7) is 2.42. The van der Waals surface area contributed by atoms with Crippen molar-refractivity contribution in [2.75, 3.05) is 13.1 Å². The molecule has 6 heteroatoms. The summed E-state index contributed by atoms with van der Waals surface area (Å²) in [5.41, 5.74) is 3.14. The first-order valence-electron chi connectivity index (χ1n) is 6.25. The Kier molecular flexibility index (Phi) is 3.26. The number of hydrogen-bond acceptors (Lipinski definition) is 4. The number of fused-ring (bicyclic) bond motifs is 3. The topological polar surface area (TPSA) is 52.0 Å². The lowest BCUT2D eigenvalue weighted by Crippen LogP contribution is -2.32. The third-order valence-electron chi connectivity index (χ3n) is 3.71. The molecule has 4 rings (SSSR count). The van der Waals surface area contributed by atoms with Crippen LogP contribution >= 0.6 is 12.4 Å². The minimum atomic E-state index is 0. The lowest BCUT2D eigenvalue weighted by Gasteiger charge is -2.26.